The van der Waals surface area contributed by atoms with Crippen LogP contribution in [0, 0.1) is 13.8 Å². The van der Waals surface area contributed by atoms with E-state index in [1.54, 1.807) is 0 Å². The number of aliphatic hydroxyl groups is 1. The molecule has 2 aliphatic heterocycles. The molecule has 0 saturated carbocycles. The predicted molar refractivity (Wildman–Crippen MR) is 147 cm³/mol. The predicted octanol–water partition coefficient (Wildman–Crippen LogP) is 5.53. The van der Waals surface area contributed by atoms with E-state index in [1.807, 2.05) is 43.0 Å². The SMILES string of the molecule is Cc1cc(OCC2(O)CCN(Cc3cccc(OCCCN4CCCCCC4=O)c3)CC2)cc(C)c1Cl. The molecule has 37 heavy (non-hydrogen) atoms. The summed E-state index contributed by atoms with van der Waals surface area (Å²) in [6.07, 6.45) is 6.15. The van der Waals surface area contributed by atoms with E-state index in [0.717, 1.165) is 86.1 Å². The van der Waals surface area contributed by atoms with E-state index in [1.165, 1.54) is 5.56 Å². The molecule has 7 heteroatoms. The maximum Gasteiger partial charge on any atom is 0.222 e. The van der Waals surface area contributed by atoms with Crippen molar-refractivity contribution in [3.8, 4) is 11.5 Å². The Morgan fingerprint density at radius 3 is 2.49 bits per heavy atom. The summed E-state index contributed by atoms with van der Waals surface area (Å²) in [5.74, 6) is 1.91. The van der Waals surface area contributed by atoms with Crippen LogP contribution >= 0.6 is 11.6 Å². The number of rotatable bonds is 10. The van der Waals surface area contributed by atoms with Crippen LogP contribution in [0.15, 0.2) is 36.4 Å². The highest BCUT2D eigenvalue weighted by molar-refractivity contribution is 6.32. The van der Waals surface area contributed by atoms with Gasteiger partial charge < -0.3 is 19.5 Å². The van der Waals surface area contributed by atoms with Gasteiger partial charge in [0.05, 0.1) is 6.61 Å². The summed E-state index contributed by atoms with van der Waals surface area (Å²) in [6, 6.07) is 12.1. The number of piperidine rings is 1. The zero-order valence-corrected chi connectivity index (χ0v) is 23.1. The van der Waals surface area contributed by atoms with Crippen molar-refractivity contribution >= 4 is 17.5 Å². The number of carbonyl (C=O) groups excluding carboxylic acids is 1. The van der Waals surface area contributed by atoms with Crippen LogP contribution in [0.3, 0.4) is 0 Å². The van der Waals surface area contributed by atoms with Crippen LogP contribution in [0.5, 0.6) is 11.5 Å². The third-order valence-electron chi connectivity index (χ3n) is 7.52. The van der Waals surface area contributed by atoms with Gasteiger partial charge in [-0.2, -0.15) is 0 Å². The Labute approximate surface area is 226 Å². The molecule has 2 fully saturated rings. The minimum Gasteiger partial charge on any atom is -0.494 e. The molecular formula is C30H41ClN2O4. The summed E-state index contributed by atoms with van der Waals surface area (Å²) < 4.78 is 12.0. The van der Waals surface area contributed by atoms with Gasteiger partial charge in [0.25, 0.3) is 0 Å². The van der Waals surface area contributed by atoms with Crippen molar-refractivity contribution in [1.82, 2.24) is 9.80 Å². The molecule has 0 unspecified atom stereocenters. The molecule has 2 aliphatic rings. The number of nitrogens with zero attached hydrogens (tertiary/aromatic N) is 2. The lowest BCUT2D eigenvalue weighted by atomic mass is 9.92. The number of ether oxygens (including phenoxy) is 2. The highest BCUT2D eigenvalue weighted by atomic mass is 35.5. The van der Waals surface area contributed by atoms with E-state index in [0.29, 0.717) is 25.9 Å². The summed E-state index contributed by atoms with van der Waals surface area (Å²) in [5, 5.41) is 11.8. The van der Waals surface area contributed by atoms with Crippen molar-refractivity contribution in [1.29, 1.82) is 0 Å². The Morgan fingerprint density at radius 1 is 0.973 bits per heavy atom. The average Bonchev–Trinajstić information content (AvgIpc) is 3.09. The monoisotopic (exact) mass is 528 g/mol. The zero-order chi connectivity index (χ0) is 26.3. The Hall–Kier alpha value is -2.28. The van der Waals surface area contributed by atoms with Crippen molar-refractivity contribution in [2.45, 2.75) is 70.9 Å². The van der Waals surface area contributed by atoms with Gasteiger partial charge in [0.15, 0.2) is 0 Å². The molecule has 0 atom stereocenters. The third-order valence-corrected chi connectivity index (χ3v) is 8.12. The summed E-state index contributed by atoms with van der Waals surface area (Å²) >= 11 is 6.26. The number of hydrogen-bond donors (Lipinski definition) is 1. The van der Waals surface area contributed by atoms with E-state index in [-0.39, 0.29) is 12.5 Å². The van der Waals surface area contributed by atoms with Gasteiger partial charge in [-0.05, 0) is 86.9 Å². The molecule has 2 saturated heterocycles. The standard InChI is InChI=1S/C30H41ClN2O4/c1-23-18-27(19-24(2)29(23)31)37-22-30(35)11-15-32(16-12-30)21-25-8-6-9-26(20-25)36-17-7-14-33-13-5-3-4-10-28(33)34/h6,8-9,18-20,35H,3-5,7,10-17,21-22H2,1-2H3. The molecule has 1 N–H and O–H groups in total. The molecule has 0 spiro atoms. The highest BCUT2D eigenvalue weighted by Gasteiger charge is 2.33. The van der Waals surface area contributed by atoms with Gasteiger partial charge >= 0.3 is 0 Å². The first kappa shape index (κ1) is 27.7. The van der Waals surface area contributed by atoms with E-state index < -0.39 is 5.60 Å². The lowest BCUT2D eigenvalue weighted by Crippen LogP contribution is -2.47. The van der Waals surface area contributed by atoms with Gasteiger partial charge in [0.2, 0.25) is 5.91 Å². The van der Waals surface area contributed by atoms with Gasteiger partial charge in [0, 0.05) is 44.2 Å². The second kappa shape index (κ2) is 13.0. The minimum absolute atomic E-state index is 0.285. The maximum atomic E-state index is 12.1. The van der Waals surface area contributed by atoms with Gasteiger partial charge in [-0.3, -0.25) is 9.69 Å². The Bertz CT molecular complexity index is 1030. The molecule has 2 aromatic rings. The number of carbonyl (C=O) groups is 1. The fourth-order valence-corrected chi connectivity index (χ4v) is 5.30. The quantitative estimate of drug-likeness (QED) is 0.410. The highest BCUT2D eigenvalue weighted by Crippen LogP contribution is 2.29. The van der Waals surface area contributed by atoms with Crippen LogP contribution in [0.4, 0.5) is 0 Å². The molecule has 1 amide bonds. The van der Waals surface area contributed by atoms with Crippen LogP contribution in [0.1, 0.15) is 61.6 Å². The number of amides is 1. The molecule has 2 aromatic carbocycles. The van der Waals surface area contributed by atoms with Gasteiger partial charge in [-0.25, -0.2) is 0 Å². The largest absolute Gasteiger partial charge is 0.494 e. The number of halogens is 1. The van der Waals surface area contributed by atoms with Crippen molar-refractivity contribution in [3.05, 3.63) is 58.1 Å². The Kier molecular flexibility index (Phi) is 9.74. The molecule has 0 aromatic heterocycles. The van der Waals surface area contributed by atoms with Crippen LogP contribution in [0.25, 0.3) is 0 Å². The summed E-state index contributed by atoms with van der Waals surface area (Å²) in [6.45, 7) is 8.93. The lowest BCUT2D eigenvalue weighted by molar-refractivity contribution is -0.130. The molecule has 0 bridgehead atoms. The second-order valence-corrected chi connectivity index (χ2v) is 11.1. The lowest BCUT2D eigenvalue weighted by Gasteiger charge is -2.38. The smallest absolute Gasteiger partial charge is 0.222 e. The van der Waals surface area contributed by atoms with Crippen molar-refractivity contribution in [2.24, 2.45) is 0 Å². The van der Waals surface area contributed by atoms with Gasteiger partial charge in [-0.15, -0.1) is 0 Å². The molecule has 0 radical (unpaired) electrons. The minimum atomic E-state index is -0.822. The first-order chi connectivity index (χ1) is 17.8. The molecule has 2 heterocycles. The molecular weight excluding hydrogens is 488 g/mol. The van der Waals surface area contributed by atoms with Gasteiger partial charge in [-0.1, -0.05) is 30.2 Å². The third kappa shape index (κ3) is 8.10. The first-order valence-electron chi connectivity index (χ1n) is 13.7. The van der Waals surface area contributed by atoms with Gasteiger partial charge in [0.1, 0.15) is 23.7 Å². The Balaban J connectivity index is 1.19. The fourth-order valence-electron chi connectivity index (χ4n) is 5.19. The van der Waals surface area contributed by atoms with Crippen molar-refractivity contribution in [2.75, 3.05) is 39.4 Å². The molecule has 202 valence electrons. The van der Waals surface area contributed by atoms with Crippen LogP contribution in [-0.4, -0.2) is 65.8 Å². The first-order valence-corrected chi connectivity index (χ1v) is 14.0. The molecule has 0 aliphatic carbocycles. The number of aryl methyl sites for hydroxylation is 2. The van der Waals surface area contributed by atoms with E-state index >= 15 is 0 Å². The van der Waals surface area contributed by atoms with Crippen LogP contribution in [-0.2, 0) is 11.3 Å². The second-order valence-electron chi connectivity index (χ2n) is 10.7. The van der Waals surface area contributed by atoms with Crippen molar-refractivity contribution in [3.63, 3.8) is 0 Å². The summed E-state index contributed by atoms with van der Waals surface area (Å²) in [4.78, 5) is 16.5. The van der Waals surface area contributed by atoms with E-state index in [2.05, 4.69) is 17.0 Å². The van der Waals surface area contributed by atoms with Crippen molar-refractivity contribution < 1.29 is 19.4 Å². The average molecular weight is 529 g/mol. The maximum absolute atomic E-state index is 12.1. The van der Waals surface area contributed by atoms with Crippen LogP contribution in [0.2, 0.25) is 5.02 Å². The summed E-state index contributed by atoms with van der Waals surface area (Å²) in [7, 11) is 0. The number of likely N-dealkylation sites (tertiary alicyclic amines) is 2. The molecule has 4 rings (SSSR count). The molecule has 6 nitrogen and oxygen atoms in total. The summed E-state index contributed by atoms with van der Waals surface area (Å²) in [5.41, 5.74) is 2.35. The topological polar surface area (TPSA) is 62.2 Å². The number of hydrogen-bond acceptors (Lipinski definition) is 5. The van der Waals surface area contributed by atoms with E-state index in [9.17, 15) is 9.90 Å². The van der Waals surface area contributed by atoms with Crippen LogP contribution < -0.4 is 9.47 Å². The Morgan fingerprint density at radius 2 is 1.73 bits per heavy atom. The fraction of sp³-hybridized carbons (Fsp3) is 0.567. The zero-order valence-electron chi connectivity index (χ0n) is 22.3. The normalized spacial score (nSPS) is 18.5. The number of benzene rings is 2. The van der Waals surface area contributed by atoms with E-state index in [4.69, 9.17) is 21.1 Å².